The van der Waals surface area contributed by atoms with E-state index in [9.17, 15) is 4.79 Å². The molecule has 0 radical (unpaired) electrons. The predicted molar refractivity (Wildman–Crippen MR) is 69.0 cm³/mol. The van der Waals surface area contributed by atoms with Gasteiger partial charge < -0.3 is 10.1 Å². The van der Waals surface area contributed by atoms with Gasteiger partial charge in [0.2, 0.25) is 0 Å². The first-order valence-corrected chi connectivity index (χ1v) is 6.57. The number of azide groups is 1. The zero-order valence-electron chi connectivity index (χ0n) is 11.2. The first-order valence-electron chi connectivity index (χ1n) is 6.57. The van der Waals surface area contributed by atoms with Crippen molar-refractivity contribution in [1.82, 2.24) is 5.32 Å². The molecule has 0 spiro atoms. The van der Waals surface area contributed by atoms with E-state index in [1.165, 1.54) is 0 Å². The van der Waals surface area contributed by atoms with Crippen LogP contribution in [0.2, 0.25) is 0 Å². The molecule has 0 bridgehead atoms. The molecule has 1 fully saturated rings. The van der Waals surface area contributed by atoms with E-state index in [1.54, 1.807) is 0 Å². The minimum Gasteiger partial charge on any atom is -0.465 e. The van der Waals surface area contributed by atoms with E-state index in [-0.39, 0.29) is 5.97 Å². The van der Waals surface area contributed by atoms with Crippen molar-refractivity contribution >= 4 is 5.97 Å². The molecule has 1 rings (SSSR count). The fourth-order valence-corrected chi connectivity index (χ4v) is 2.50. The van der Waals surface area contributed by atoms with E-state index < -0.39 is 5.54 Å². The molecular weight excluding hydrogens is 232 g/mol. The van der Waals surface area contributed by atoms with Gasteiger partial charge in [0, 0.05) is 11.5 Å². The molecule has 6 heteroatoms. The standard InChI is InChI=1S/C12H22N4O2/c1-3-18-11(17)12(6-5-10(2)9-12)14-7-4-8-15-16-13/h10,14H,3-9H2,1-2H3. The number of esters is 1. The lowest BCUT2D eigenvalue weighted by Crippen LogP contribution is -2.51. The molecule has 0 heterocycles. The summed E-state index contributed by atoms with van der Waals surface area (Å²) < 4.78 is 5.17. The fourth-order valence-electron chi connectivity index (χ4n) is 2.50. The van der Waals surface area contributed by atoms with Crippen molar-refractivity contribution in [3.8, 4) is 0 Å². The Labute approximate surface area is 108 Å². The smallest absolute Gasteiger partial charge is 0.326 e. The predicted octanol–water partition coefficient (Wildman–Crippen LogP) is 2.40. The Hall–Kier alpha value is -1.26. The molecule has 1 N–H and O–H groups in total. The molecular formula is C12H22N4O2. The molecule has 1 saturated carbocycles. The molecule has 1 aliphatic rings. The number of ether oxygens (including phenoxy) is 1. The maximum Gasteiger partial charge on any atom is 0.326 e. The molecule has 0 aromatic heterocycles. The minimum absolute atomic E-state index is 0.141. The van der Waals surface area contributed by atoms with Crippen LogP contribution in [-0.2, 0) is 9.53 Å². The lowest BCUT2D eigenvalue weighted by Gasteiger charge is -2.28. The maximum atomic E-state index is 12.1. The van der Waals surface area contributed by atoms with Gasteiger partial charge in [-0.3, -0.25) is 4.79 Å². The Kier molecular flexibility index (Phi) is 5.95. The summed E-state index contributed by atoms with van der Waals surface area (Å²) in [5, 5.41) is 6.79. The van der Waals surface area contributed by atoms with Crippen molar-refractivity contribution in [1.29, 1.82) is 0 Å². The highest BCUT2D eigenvalue weighted by molar-refractivity contribution is 5.81. The van der Waals surface area contributed by atoms with Gasteiger partial charge in [0.1, 0.15) is 5.54 Å². The maximum absolute atomic E-state index is 12.1. The lowest BCUT2D eigenvalue weighted by atomic mass is 9.96. The van der Waals surface area contributed by atoms with E-state index in [0.29, 0.717) is 25.6 Å². The van der Waals surface area contributed by atoms with E-state index in [2.05, 4.69) is 22.3 Å². The average Bonchev–Trinajstić information content (AvgIpc) is 2.72. The van der Waals surface area contributed by atoms with Crippen LogP contribution < -0.4 is 5.32 Å². The Morgan fingerprint density at radius 3 is 3.00 bits per heavy atom. The summed E-state index contributed by atoms with van der Waals surface area (Å²) in [5.74, 6) is 0.400. The minimum atomic E-state index is -0.522. The molecule has 0 saturated heterocycles. The summed E-state index contributed by atoms with van der Waals surface area (Å²) in [6, 6.07) is 0. The van der Waals surface area contributed by atoms with Crippen LogP contribution in [0.15, 0.2) is 5.11 Å². The molecule has 18 heavy (non-hydrogen) atoms. The molecule has 0 amide bonds. The third kappa shape index (κ3) is 3.89. The zero-order chi connectivity index (χ0) is 13.4. The Balaban J connectivity index is 2.50. The van der Waals surface area contributed by atoms with Crippen LogP contribution in [0.4, 0.5) is 0 Å². The van der Waals surface area contributed by atoms with Crippen molar-refractivity contribution < 1.29 is 9.53 Å². The largest absolute Gasteiger partial charge is 0.465 e. The summed E-state index contributed by atoms with van der Waals surface area (Å²) in [4.78, 5) is 14.8. The molecule has 2 unspecified atom stereocenters. The van der Waals surface area contributed by atoms with Gasteiger partial charge in [-0.05, 0) is 50.6 Å². The van der Waals surface area contributed by atoms with E-state index in [0.717, 1.165) is 25.7 Å². The van der Waals surface area contributed by atoms with Crippen LogP contribution in [0.1, 0.15) is 39.5 Å². The normalized spacial score (nSPS) is 26.7. The zero-order valence-corrected chi connectivity index (χ0v) is 11.2. The summed E-state index contributed by atoms with van der Waals surface area (Å²) in [5.41, 5.74) is 7.66. The second-order valence-corrected chi connectivity index (χ2v) is 4.89. The van der Waals surface area contributed by atoms with Crippen molar-refractivity contribution in [3.05, 3.63) is 10.4 Å². The van der Waals surface area contributed by atoms with E-state index in [4.69, 9.17) is 10.3 Å². The number of carbonyl (C=O) groups is 1. The van der Waals surface area contributed by atoms with Crippen LogP contribution in [0.5, 0.6) is 0 Å². The first-order chi connectivity index (χ1) is 8.64. The van der Waals surface area contributed by atoms with Gasteiger partial charge in [-0.15, -0.1) is 0 Å². The van der Waals surface area contributed by atoms with Gasteiger partial charge >= 0.3 is 5.97 Å². The molecule has 1 aliphatic carbocycles. The SMILES string of the molecule is CCOC(=O)C1(NCCCN=[N+]=[N-])CCC(C)C1. The molecule has 0 aromatic rings. The Bertz CT molecular complexity index is 328. The van der Waals surface area contributed by atoms with Gasteiger partial charge in [0.05, 0.1) is 6.61 Å². The summed E-state index contributed by atoms with van der Waals surface area (Å²) >= 11 is 0. The van der Waals surface area contributed by atoms with Crippen molar-refractivity contribution in [2.75, 3.05) is 19.7 Å². The molecule has 102 valence electrons. The molecule has 2 atom stereocenters. The quantitative estimate of drug-likeness (QED) is 0.249. The molecule has 6 nitrogen and oxygen atoms in total. The van der Waals surface area contributed by atoms with Crippen LogP contribution in [0.3, 0.4) is 0 Å². The highest BCUT2D eigenvalue weighted by Gasteiger charge is 2.44. The summed E-state index contributed by atoms with van der Waals surface area (Å²) in [6.07, 6.45) is 3.43. The highest BCUT2D eigenvalue weighted by atomic mass is 16.5. The lowest BCUT2D eigenvalue weighted by molar-refractivity contribution is -0.151. The second-order valence-electron chi connectivity index (χ2n) is 4.89. The third-order valence-corrected chi connectivity index (χ3v) is 3.39. The summed E-state index contributed by atoms with van der Waals surface area (Å²) in [6.45, 7) is 5.52. The number of hydrogen-bond donors (Lipinski definition) is 1. The third-order valence-electron chi connectivity index (χ3n) is 3.39. The van der Waals surface area contributed by atoms with Gasteiger partial charge in [-0.25, -0.2) is 0 Å². The Morgan fingerprint density at radius 2 is 2.44 bits per heavy atom. The first kappa shape index (κ1) is 14.8. The van der Waals surface area contributed by atoms with Gasteiger partial charge in [-0.2, -0.15) is 0 Å². The van der Waals surface area contributed by atoms with Crippen molar-refractivity contribution in [2.24, 2.45) is 11.0 Å². The summed E-state index contributed by atoms with van der Waals surface area (Å²) in [7, 11) is 0. The number of nitrogens with zero attached hydrogens (tertiary/aromatic N) is 3. The fraction of sp³-hybridized carbons (Fsp3) is 0.917. The van der Waals surface area contributed by atoms with Crippen LogP contribution in [0.25, 0.3) is 10.4 Å². The highest BCUT2D eigenvalue weighted by Crippen LogP contribution is 2.35. The topological polar surface area (TPSA) is 87.1 Å². The average molecular weight is 254 g/mol. The van der Waals surface area contributed by atoms with Gasteiger partial charge in [-0.1, -0.05) is 12.0 Å². The van der Waals surface area contributed by atoms with Crippen molar-refractivity contribution in [3.63, 3.8) is 0 Å². The van der Waals surface area contributed by atoms with Gasteiger partial charge in [0.25, 0.3) is 0 Å². The van der Waals surface area contributed by atoms with E-state index in [1.807, 2.05) is 6.92 Å². The van der Waals surface area contributed by atoms with E-state index >= 15 is 0 Å². The van der Waals surface area contributed by atoms with Gasteiger partial charge in [0.15, 0.2) is 0 Å². The van der Waals surface area contributed by atoms with Crippen molar-refractivity contribution in [2.45, 2.75) is 45.1 Å². The monoisotopic (exact) mass is 254 g/mol. The molecule has 0 aliphatic heterocycles. The van der Waals surface area contributed by atoms with Crippen LogP contribution in [-0.4, -0.2) is 31.2 Å². The number of carbonyl (C=O) groups excluding carboxylic acids is 1. The second kappa shape index (κ2) is 7.24. The number of rotatable bonds is 7. The molecule has 0 aromatic carbocycles. The van der Waals surface area contributed by atoms with Crippen LogP contribution >= 0.6 is 0 Å². The number of hydrogen-bond acceptors (Lipinski definition) is 4. The number of nitrogens with one attached hydrogen (secondary N) is 1. The Morgan fingerprint density at radius 1 is 1.67 bits per heavy atom. The van der Waals surface area contributed by atoms with Crippen LogP contribution in [0, 0.1) is 5.92 Å².